The predicted octanol–water partition coefficient (Wildman–Crippen LogP) is 2.53. The largest absolute Gasteiger partial charge is 0.369 e. The van der Waals surface area contributed by atoms with Crippen LogP contribution in [-0.4, -0.2) is 23.7 Å². The van der Waals surface area contributed by atoms with Gasteiger partial charge in [0.05, 0.1) is 17.9 Å². The molecule has 2 rings (SSSR count). The summed E-state index contributed by atoms with van der Waals surface area (Å²) in [5.41, 5.74) is 5.02. The second-order valence-corrected chi connectivity index (χ2v) is 5.18. The molecule has 0 amide bonds. The molecule has 0 aromatic heterocycles. The van der Waals surface area contributed by atoms with Gasteiger partial charge in [-0.3, -0.25) is 10.2 Å². The Morgan fingerprint density at radius 2 is 1.94 bits per heavy atom. The first kappa shape index (κ1) is 12.8. The monoisotopic (exact) mass is 246 g/mol. The van der Waals surface area contributed by atoms with Gasteiger partial charge in [-0.25, -0.2) is 0 Å². The minimum atomic E-state index is -0.375. The smallest absolute Gasteiger partial charge is 0.184 e. The lowest BCUT2D eigenvalue weighted by atomic mass is 9.96. The van der Waals surface area contributed by atoms with Gasteiger partial charge in [-0.15, -0.1) is 0 Å². The Balaban J connectivity index is 2.02. The van der Waals surface area contributed by atoms with Crippen LogP contribution in [0.25, 0.3) is 0 Å². The quantitative estimate of drug-likeness (QED) is 0.816. The fraction of sp³-hybridized carbons (Fsp3) is 0.429. The molecular formula is C14H18N2O2. The van der Waals surface area contributed by atoms with Crippen molar-refractivity contribution in [1.82, 2.24) is 0 Å². The number of anilines is 1. The van der Waals surface area contributed by atoms with Gasteiger partial charge in [0.25, 0.3) is 0 Å². The zero-order chi connectivity index (χ0) is 13.2. The van der Waals surface area contributed by atoms with Crippen LogP contribution in [0.15, 0.2) is 29.4 Å². The Morgan fingerprint density at radius 1 is 1.28 bits per heavy atom. The van der Waals surface area contributed by atoms with Crippen LogP contribution in [0.3, 0.4) is 0 Å². The number of carbonyl (C=O) groups excluding carboxylic acids is 1. The third kappa shape index (κ3) is 3.17. The Bertz CT molecular complexity index is 475. The van der Waals surface area contributed by atoms with Crippen molar-refractivity contribution in [2.45, 2.75) is 32.8 Å². The van der Waals surface area contributed by atoms with Gasteiger partial charge in [-0.1, -0.05) is 17.7 Å². The van der Waals surface area contributed by atoms with Crippen molar-refractivity contribution >= 4 is 17.2 Å². The summed E-state index contributed by atoms with van der Waals surface area (Å²) in [6, 6.07) is 7.84. The molecule has 1 aliphatic rings. The lowest BCUT2D eigenvalue weighted by Crippen LogP contribution is -2.40. The highest BCUT2D eigenvalue weighted by Gasteiger charge is 2.31. The lowest BCUT2D eigenvalue weighted by Gasteiger charge is -2.29. The Labute approximate surface area is 107 Å². The molecule has 0 atom stereocenters. The van der Waals surface area contributed by atoms with Crippen molar-refractivity contribution in [3.05, 3.63) is 29.8 Å². The molecule has 1 N–H and O–H groups in total. The van der Waals surface area contributed by atoms with Crippen LogP contribution in [0.2, 0.25) is 0 Å². The predicted molar refractivity (Wildman–Crippen MR) is 71.9 cm³/mol. The van der Waals surface area contributed by atoms with Gasteiger partial charge in [0.15, 0.2) is 5.78 Å². The number of rotatable bonds is 2. The van der Waals surface area contributed by atoms with E-state index in [1.165, 1.54) is 5.56 Å². The summed E-state index contributed by atoms with van der Waals surface area (Å²) < 4.78 is 5.56. The number of nitrogens with zero attached hydrogens (tertiary/aromatic N) is 1. The number of nitrogens with one attached hydrogen (secondary N) is 1. The summed E-state index contributed by atoms with van der Waals surface area (Å²) in [5.74, 6) is 0.0471. The fourth-order valence-corrected chi connectivity index (χ4v) is 1.74. The number of hydrazone groups is 1. The molecule has 96 valence electrons. The van der Waals surface area contributed by atoms with E-state index in [9.17, 15) is 4.79 Å². The molecule has 18 heavy (non-hydrogen) atoms. The maximum atomic E-state index is 11.8. The first-order valence-corrected chi connectivity index (χ1v) is 6.03. The Hall–Kier alpha value is -1.68. The Kier molecular flexibility index (Phi) is 3.48. The second-order valence-electron chi connectivity index (χ2n) is 5.18. The number of aryl methyl sites for hydroxylation is 1. The summed E-state index contributed by atoms with van der Waals surface area (Å²) in [5, 5.41) is 4.12. The van der Waals surface area contributed by atoms with E-state index in [4.69, 9.17) is 4.74 Å². The third-order valence-corrected chi connectivity index (χ3v) is 2.88. The van der Waals surface area contributed by atoms with Gasteiger partial charge in [0, 0.05) is 6.42 Å². The van der Waals surface area contributed by atoms with Crippen LogP contribution in [0.4, 0.5) is 5.69 Å². The van der Waals surface area contributed by atoms with E-state index >= 15 is 0 Å². The molecule has 0 bridgehead atoms. The molecule has 0 unspecified atom stereocenters. The van der Waals surface area contributed by atoms with E-state index in [0.717, 1.165) is 5.69 Å². The van der Waals surface area contributed by atoms with Gasteiger partial charge < -0.3 is 4.74 Å². The number of Topliss-reactive ketones (excluding diaryl/α,β-unsaturated/α-hetero) is 1. The third-order valence-electron chi connectivity index (χ3n) is 2.88. The molecule has 0 spiro atoms. The molecule has 1 heterocycles. The van der Waals surface area contributed by atoms with E-state index in [1.807, 2.05) is 45.0 Å². The van der Waals surface area contributed by atoms with E-state index in [0.29, 0.717) is 12.1 Å². The SMILES string of the molecule is Cc1ccc(N/N=C2/COC(C)(C)CC2=O)cc1. The van der Waals surface area contributed by atoms with Crippen LogP contribution < -0.4 is 5.43 Å². The summed E-state index contributed by atoms with van der Waals surface area (Å²) in [6.45, 7) is 6.12. The molecule has 1 aromatic carbocycles. The van der Waals surface area contributed by atoms with Crippen LogP contribution in [0, 0.1) is 6.92 Å². The topological polar surface area (TPSA) is 50.7 Å². The number of ether oxygens (including phenoxy) is 1. The summed E-state index contributed by atoms with van der Waals surface area (Å²) in [6.07, 6.45) is 0.376. The number of benzene rings is 1. The van der Waals surface area contributed by atoms with Crippen molar-refractivity contribution in [1.29, 1.82) is 0 Å². The number of ketones is 1. The van der Waals surface area contributed by atoms with Crippen LogP contribution in [0.1, 0.15) is 25.8 Å². The normalized spacial score (nSPS) is 21.1. The van der Waals surface area contributed by atoms with E-state index < -0.39 is 0 Å². The molecule has 1 fully saturated rings. The zero-order valence-electron chi connectivity index (χ0n) is 11.0. The summed E-state index contributed by atoms with van der Waals surface area (Å²) >= 11 is 0. The minimum absolute atomic E-state index is 0.0471. The number of carbonyl (C=O) groups is 1. The molecule has 1 aromatic rings. The first-order chi connectivity index (χ1) is 8.46. The molecule has 0 aliphatic carbocycles. The molecule has 1 aliphatic heterocycles. The molecular weight excluding hydrogens is 228 g/mol. The highest BCUT2D eigenvalue weighted by atomic mass is 16.5. The van der Waals surface area contributed by atoms with E-state index in [2.05, 4.69) is 10.5 Å². The van der Waals surface area contributed by atoms with Crippen LogP contribution in [0.5, 0.6) is 0 Å². The average Bonchev–Trinajstić information content (AvgIpc) is 2.29. The zero-order valence-corrected chi connectivity index (χ0v) is 11.0. The highest BCUT2D eigenvalue weighted by molar-refractivity contribution is 6.41. The van der Waals surface area contributed by atoms with E-state index in [-0.39, 0.29) is 18.0 Å². The summed E-state index contributed by atoms with van der Waals surface area (Å²) in [4.78, 5) is 11.8. The van der Waals surface area contributed by atoms with Gasteiger partial charge >= 0.3 is 0 Å². The molecule has 0 radical (unpaired) electrons. The van der Waals surface area contributed by atoms with Gasteiger partial charge in [-0.2, -0.15) is 5.10 Å². The minimum Gasteiger partial charge on any atom is -0.369 e. The van der Waals surface area contributed by atoms with Crippen molar-refractivity contribution < 1.29 is 9.53 Å². The average molecular weight is 246 g/mol. The van der Waals surface area contributed by atoms with Gasteiger partial charge in [0.2, 0.25) is 0 Å². The molecule has 4 nitrogen and oxygen atoms in total. The fourth-order valence-electron chi connectivity index (χ4n) is 1.74. The van der Waals surface area contributed by atoms with Crippen molar-refractivity contribution in [2.75, 3.05) is 12.0 Å². The van der Waals surface area contributed by atoms with Crippen LogP contribution >= 0.6 is 0 Å². The second kappa shape index (κ2) is 4.90. The number of hydrogen-bond donors (Lipinski definition) is 1. The van der Waals surface area contributed by atoms with Gasteiger partial charge in [0.1, 0.15) is 5.71 Å². The number of hydrogen-bond acceptors (Lipinski definition) is 4. The standard InChI is InChI=1S/C14H18N2O2/c1-10-4-6-11(7-5-10)15-16-12-9-18-14(2,3)8-13(12)17/h4-7,15H,8-9H2,1-3H3/b16-12-. The first-order valence-electron chi connectivity index (χ1n) is 6.03. The van der Waals surface area contributed by atoms with E-state index in [1.54, 1.807) is 0 Å². The van der Waals surface area contributed by atoms with Crippen molar-refractivity contribution in [3.8, 4) is 0 Å². The van der Waals surface area contributed by atoms with Crippen LogP contribution in [-0.2, 0) is 9.53 Å². The van der Waals surface area contributed by atoms with Crippen molar-refractivity contribution in [3.63, 3.8) is 0 Å². The highest BCUT2D eigenvalue weighted by Crippen LogP contribution is 2.20. The van der Waals surface area contributed by atoms with Gasteiger partial charge in [-0.05, 0) is 32.9 Å². The molecule has 4 heteroatoms. The lowest BCUT2D eigenvalue weighted by molar-refractivity contribution is -0.122. The maximum Gasteiger partial charge on any atom is 0.184 e. The maximum absolute atomic E-state index is 11.8. The van der Waals surface area contributed by atoms with Crippen molar-refractivity contribution in [2.24, 2.45) is 5.10 Å². The summed E-state index contributed by atoms with van der Waals surface area (Å²) in [7, 11) is 0. The molecule has 0 saturated carbocycles. The Morgan fingerprint density at radius 3 is 2.56 bits per heavy atom. The molecule has 1 saturated heterocycles.